The van der Waals surface area contributed by atoms with Crippen LogP contribution in [0.3, 0.4) is 0 Å². The fraction of sp³-hybridized carbons (Fsp3) is 0.941. The molecule has 6 rings (SSSR count). The normalized spacial score (nSPS) is 51.1. The van der Waals surface area contributed by atoms with Gasteiger partial charge in [-0.1, -0.05) is 0 Å². The Hall–Kier alpha value is -2.06. The van der Waals surface area contributed by atoms with E-state index in [0.29, 0.717) is 0 Å². The number of carbonyl (C=O) groups is 2. The molecule has 6 saturated heterocycles. The van der Waals surface area contributed by atoms with Gasteiger partial charge in [-0.2, -0.15) is 0 Å². The summed E-state index contributed by atoms with van der Waals surface area (Å²) in [5, 5.41) is 147. The van der Waals surface area contributed by atoms with Gasteiger partial charge < -0.3 is 133 Å². The number of hydrogen-bond acceptors (Lipinski definition) is 27. The molecule has 0 bridgehead atoms. The van der Waals surface area contributed by atoms with Crippen molar-refractivity contribution in [3.8, 4) is 0 Å². The summed E-state index contributed by atoms with van der Waals surface area (Å²) in [5.41, 5.74) is 0. The number of aliphatic hydroxyl groups excluding tert-OH is 12. The van der Waals surface area contributed by atoms with E-state index in [-0.39, 0.29) is 0 Å². The summed E-state index contributed by atoms with van der Waals surface area (Å²) < 4.78 is 71.2. The van der Waals surface area contributed by atoms with Crippen LogP contribution in [0.5, 0.6) is 0 Å². The zero-order valence-electron chi connectivity index (χ0n) is 33.2. The van der Waals surface area contributed by atoms with Crippen LogP contribution in [0.1, 0.15) is 0 Å². The second kappa shape index (κ2) is 21.3. The Balaban J connectivity index is 1.20. The average Bonchev–Trinajstić information content (AvgIpc) is 3.25. The lowest BCUT2D eigenvalue weighted by Gasteiger charge is -2.48. The highest BCUT2D eigenvalue weighted by Crippen LogP contribution is 2.35. The third-order valence-corrected chi connectivity index (χ3v) is 11.4. The summed E-state index contributed by atoms with van der Waals surface area (Å²) >= 11 is 0. The first-order valence-corrected chi connectivity index (χ1v) is 19.5. The van der Waals surface area contributed by atoms with Gasteiger partial charge in [-0.3, -0.25) is 0 Å². The molecule has 29 heteroatoms. The van der Waals surface area contributed by atoms with Crippen molar-refractivity contribution >= 4 is 11.9 Å². The summed E-state index contributed by atoms with van der Waals surface area (Å²) in [6, 6.07) is 0. The van der Waals surface area contributed by atoms with E-state index in [2.05, 4.69) is 0 Å². The standard InChI is InChI=1S/C34H54O29/c1-51-21-15(40)19(44)31(62-25(21)27(46)47)60-23-11(36)7(35)3-54-33(23)59-10-6-56-34(24(14(10)39)61-32-20(45)16(41)22(52-2)26(63-32)28(48)49)58-9-5-55-30(18(43)13(9)38)57-8-4-53-29(50)17(42)12(8)37/h7-26,29-45,50H,3-6H2,1-2H3,(H,46,47)(H,48,49)/t7-,8-,9-,10-,11+,12+,13+,14+,15-,16-,17-,18-,19-,20-,21+,22+,23-,24-,25+,26+,29?,30+,31+,32+,33+,34+/m1/s1. The molecule has 0 aromatic carbocycles. The predicted molar refractivity (Wildman–Crippen MR) is 186 cm³/mol. The zero-order chi connectivity index (χ0) is 46.2. The van der Waals surface area contributed by atoms with Gasteiger partial charge in [0.2, 0.25) is 0 Å². The van der Waals surface area contributed by atoms with E-state index in [4.69, 9.17) is 61.6 Å². The lowest BCUT2D eigenvalue weighted by molar-refractivity contribution is -0.390. The van der Waals surface area contributed by atoms with Gasteiger partial charge in [-0.25, -0.2) is 9.59 Å². The molecule has 0 aromatic heterocycles. The minimum atomic E-state index is -2.09. The maximum atomic E-state index is 12.1. The largest absolute Gasteiger partial charge is 0.479 e. The highest BCUT2D eigenvalue weighted by molar-refractivity contribution is 5.74. The Morgan fingerprint density at radius 1 is 0.397 bits per heavy atom. The number of hydrogen-bond donors (Lipinski definition) is 14. The summed E-state index contributed by atoms with van der Waals surface area (Å²) in [6.07, 6.45) is -47.6. The van der Waals surface area contributed by atoms with Crippen LogP contribution in [0.2, 0.25) is 0 Å². The molecule has 26 atom stereocenters. The Morgan fingerprint density at radius 3 is 1.25 bits per heavy atom. The molecule has 14 N–H and O–H groups in total. The quantitative estimate of drug-likeness (QED) is 0.0769. The van der Waals surface area contributed by atoms with Crippen molar-refractivity contribution in [2.24, 2.45) is 0 Å². The summed E-state index contributed by atoms with van der Waals surface area (Å²) in [5.74, 6) is -3.28. The molecule has 0 radical (unpaired) electrons. The van der Waals surface area contributed by atoms with Crippen LogP contribution in [0.25, 0.3) is 0 Å². The van der Waals surface area contributed by atoms with Crippen molar-refractivity contribution in [1.82, 2.24) is 0 Å². The molecule has 0 spiro atoms. The van der Waals surface area contributed by atoms with Gasteiger partial charge in [0.15, 0.2) is 49.9 Å². The van der Waals surface area contributed by atoms with E-state index in [0.717, 1.165) is 14.2 Å². The van der Waals surface area contributed by atoms with Gasteiger partial charge in [-0.15, -0.1) is 0 Å². The Kier molecular flexibility index (Phi) is 17.0. The molecular formula is C34H54O29. The first-order valence-electron chi connectivity index (χ1n) is 19.5. The Morgan fingerprint density at radius 2 is 0.778 bits per heavy atom. The van der Waals surface area contributed by atoms with Crippen LogP contribution in [0.15, 0.2) is 0 Å². The number of carboxylic acid groups (broad SMARTS) is 2. The molecule has 6 heterocycles. The molecule has 63 heavy (non-hydrogen) atoms. The predicted octanol–water partition coefficient (Wildman–Crippen LogP) is -10.1. The van der Waals surface area contributed by atoms with Crippen LogP contribution >= 0.6 is 0 Å². The van der Waals surface area contributed by atoms with Gasteiger partial charge in [-0.05, 0) is 0 Å². The van der Waals surface area contributed by atoms with E-state index in [1.807, 2.05) is 0 Å². The first kappa shape index (κ1) is 50.4. The van der Waals surface area contributed by atoms with E-state index in [1.54, 1.807) is 0 Å². The van der Waals surface area contributed by atoms with Crippen molar-refractivity contribution in [3.05, 3.63) is 0 Å². The molecule has 29 nitrogen and oxygen atoms in total. The molecular weight excluding hydrogens is 872 g/mol. The maximum absolute atomic E-state index is 12.1. The number of aliphatic hydroxyl groups is 12. The van der Waals surface area contributed by atoms with Gasteiger partial charge in [0.25, 0.3) is 0 Å². The summed E-state index contributed by atoms with van der Waals surface area (Å²) in [4.78, 5) is 24.0. The molecule has 6 aliphatic rings. The molecule has 0 saturated carbocycles. The SMILES string of the molecule is CO[C@H]1[C@H](O)[C@@H](O)[C@@H](O[C@H]2[C@H](O[C@@H]3CO[C@@H](O[C@@H]4CO[C@@H](O[C@@H]5COC(O)[C@H](O)[C@H]5O)[C@H](O)[C@H]4O)[C@H](O[C@H]4O[C@H](C(=O)O)[C@@H](OC)[C@H](O)[C@H]4O)[C@H]3O)OC[C@@H](O)[C@@H]2O)O[C@@H]1C(=O)O. The van der Waals surface area contributed by atoms with E-state index >= 15 is 0 Å². The zero-order valence-corrected chi connectivity index (χ0v) is 33.2. The number of aliphatic carboxylic acids is 2. The van der Waals surface area contributed by atoms with E-state index < -0.39 is 198 Å². The van der Waals surface area contributed by atoms with Crippen molar-refractivity contribution in [2.75, 3.05) is 40.6 Å². The first-order chi connectivity index (χ1) is 29.8. The average molecular weight is 927 g/mol. The minimum Gasteiger partial charge on any atom is -0.479 e. The molecule has 6 fully saturated rings. The molecule has 364 valence electrons. The van der Waals surface area contributed by atoms with Gasteiger partial charge in [0.05, 0.1) is 26.4 Å². The highest BCUT2D eigenvalue weighted by atomic mass is 16.8. The van der Waals surface area contributed by atoms with Crippen LogP contribution in [0.4, 0.5) is 0 Å². The lowest BCUT2D eigenvalue weighted by atomic mass is 9.98. The van der Waals surface area contributed by atoms with Gasteiger partial charge >= 0.3 is 11.9 Å². The fourth-order valence-electron chi connectivity index (χ4n) is 7.72. The smallest absolute Gasteiger partial charge is 0.335 e. The number of rotatable bonds is 14. The van der Waals surface area contributed by atoms with E-state index in [1.165, 1.54) is 0 Å². The molecule has 1 unspecified atom stereocenters. The minimum absolute atomic E-state index is 0.451. The van der Waals surface area contributed by atoms with Crippen molar-refractivity contribution in [2.45, 2.75) is 160 Å². The molecule has 0 amide bonds. The van der Waals surface area contributed by atoms with Crippen LogP contribution in [-0.2, 0) is 71.2 Å². The van der Waals surface area contributed by atoms with Gasteiger partial charge in [0.1, 0.15) is 110 Å². The third kappa shape index (κ3) is 10.6. The van der Waals surface area contributed by atoms with Crippen LogP contribution in [-0.4, -0.2) is 284 Å². The van der Waals surface area contributed by atoms with Crippen LogP contribution in [0, 0.1) is 0 Å². The molecule has 0 aliphatic carbocycles. The number of methoxy groups -OCH3 is 2. The van der Waals surface area contributed by atoms with Crippen molar-refractivity contribution in [1.29, 1.82) is 0 Å². The number of ether oxygens (including phenoxy) is 13. The second-order valence-electron chi connectivity index (χ2n) is 15.5. The monoisotopic (exact) mass is 926 g/mol. The van der Waals surface area contributed by atoms with E-state index in [9.17, 15) is 81.1 Å². The lowest BCUT2D eigenvalue weighted by Crippen LogP contribution is -2.66. The highest BCUT2D eigenvalue weighted by Gasteiger charge is 2.56. The van der Waals surface area contributed by atoms with Gasteiger partial charge in [0, 0.05) is 14.2 Å². The topological polar surface area (TPSA) is 437 Å². The molecule has 6 aliphatic heterocycles. The maximum Gasteiger partial charge on any atom is 0.335 e. The van der Waals surface area contributed by atoms with Crippen molar-refractivity contribution < 1.29 is 143 Å². The Labute approximate surface area is 355 Å². The number of carboxylic acids is 2. The van der Waals surface area contributed by atoms with Crippen molar-refractivity contribution in [3.63, 3.8) is 0 Å². The third-order valence-electron chi connectivity index (χ3n) is 11.4. The fourth-order valence-corrected chi connectivity index (χ4v) is 7.72. The Bertz CT molecular complexity index is 1500. The summed E-state index contributed by atoms with van der Waals surface area (Å²) in [7, 11) is 2.09. The van der Waals surface area contributed by atoms with Crippen LogP contribution < -0.4 is 0 Å². The molecule has 0 aromatic rings. The summed E-state index contributed by atoms with van der Waals surface area (Å²) in [6.45, 7) is -2.38. The second-order valence-corrected chi connectivity index (χ2v) is 15.5.